The summed E-state index contributed by atoms with van der Waals surface area (Å²) in [5, 5.41) is 3.12. The second kappa shape index (κ2) is 7.79. The molecule has 1 atom stereocenters. The largest absolute Gasteiger partial charge is 0.334 e. The molecule has 0 spiro atoms. The summed E-state index contributed by atoms with van der Waals surface area (Å²) in [6.07, 6.45) is 2.60. The minimum absolute atomic E-state index is 0.00529. The van der Waals surface area contributed by atoms with Crippen LogP contribution in [0.2, 0.25) is 0 Å². The minimum Gasteiger partial charge on any atom is -0.334 e. The summed E-state index contributed by atoms with van der Waals surface area (Å²) in [6, 6.07) is 6.88. The molecule has 128 valence electrons. The van der Waals surface area contributed by atoms with Crippen LogP contribution in [-0.4, -0.2) is 51.2 Å². The Labute approximate surface area is 138 Å². The van der Waals surface area contributed by atoms with Crippen LogP contribution < -0.4 is 10.0 Å². The molecule has 0 saturated carbocycles. The number of carbonyl (C=O) groups is 1. The summed E-state index contributed by atoms with van der Waals surface area (Å²) in [4.78, 5) is 14.5. The van der Waals surface area contributed by atoms with Gasteiger partial charge in [0.1, 0.15) is 0 Å². The predicted octanol–water partition coefficient (Wildman–Crippen LogP) is 1.66. The van der Waals surface area contributed by atoms with E-state index in [-0.39, 0.29) is 17.7 Å². The van der Waals surface area contributed by atoms with Crippen LogP contribution in [0, 0.1) is 0 Å². The second-order valence-corrected chi connectivity index (χ2v) is 7.69. The topological polar surface area (TPSA) is 78.5 Å². The Balaban J connectivity index is 2.06. The average Bonchev–Trinajstić information content (AvgIpc) is 2.95. The van der Waals surface area contributed by atoms with Crippen molar-refractivity contribution < 1.29 is 13.2 Å². The fraction of sp³-hybridized carbons (Fsp3) is 0.562. The smallest absolute Gasteiger partial charge is 0.254 e. The lowest BCUT2D eigenvalue weighted by atomic mass is 10.1. The lowest BCUT2D eigenvalue weighted by Gasteiger charge is -2.24. The molecular formula is C16H25N3O3S. The van der Waals surface area contributed by atoms with Crippen LogP contribution in [0.4, 0.5) is 5.69 Å². The Bertz CT molecular complexity index is 628. The van der Waals surface area contributed by atoms with Crippen molar-refractivity contribution in [3.63, 3.8) is 0 Å². The van der Waals surface area contributed by atoms with E-state index in [4.69, 9.17) is 0 Å². The van der Waals surface area contributed by atoms with Crippen LogP contribution in [0.25, 0.3) is 0 Å². The highest BCUT2D eigenvalue weighted by molar-refractivity contribution is 7.92. The standard InChI is InChI=1S/C16H25N3O3S/c1-3-11-23(21,22)18-14-8-6-13(7-9-14)16(20)19-10-4-5-15(19)12-17-2/h6-9,15,17-18H,3-5,10-12H2,1-2H3. The number of hydrogen-bond donors (Lipinski definition) is 2. The maximum Gasteiger partial charge on any atom is 0.254 e. The Hall–Kier alpha value is -1.60. The molecule has 0 bridgehead atoms. The number of nitrogens with one attached hydrogen (secondary N) is 2. The predicted molar refractivity (Wildman–Crippen MR) is 92.1 cm³/mol. The number of sulfonamides is 1. The maximum atomic E-state index is 12.6. The molecule has 1 aromatic rings. The summed E-state index contributed by atoms with van der Waals surface area (Å²) < 4.78 is 26.0. The van der Waals surface area contributed by atoms with Crippen molar-refractivity contribution in [1.82, 2.24) is 10.2 Å². The van der Waals surface area contributed by atoms with Crippen LogP contribution in [0.15, 0.2) is 24.3 Å². The van der Waals surface area contributed by atoms with E-state index in [0.29, 0.717) is 17.7 Å². The molecule has 2 N–H and O–H groups in total. The van der Waals surface area contributed by atoms with Crippen molar-refractivity contribution in [1.29, 1.82) is 0 Å². The van der Waals surface area contributed by atoms with Crippen LogP contribution in [0.1, 0.15) is 36.5 Å². The monoisotopic (exact) mass is 339 g/mol. The lowest BCUT2D eigenvalue weighted by molar-refractivity contribution is 0.0737. The van der Waals surface area contributed by atoms with Crippen LogP contribution in [0.5, 0.6) is 0 Å². The van der Waals surface area contributed by atoms with E-state index in [1.807, 2.05) is 18.9 Å². The number of nitrogens with zero attached hydrogens (tertiary/aromatic N) is 1. The first-order valence-electron chi connectivity index (χ1n) is 8.03. The van der Waals surface area contributed by atoms with Gasteiger partial charge in [0.15, 0.2) is 0 Å². The van der Waals surface area contributed by atoms with Gasteiger partial charge in [-0.25, -0.2) is 8.42 Å². The molecule has 1 heterocycles. The second-order valence-electron chi connectivity index (χ2n) is 5.85. The summed E-state index contributed by atoms with van der Waals surface area (Å²) in [5.74, 6) is 0.0957. The van der Waals surface area contributed by atoms with Gasteiger partial charge in [-0.15, -0.1) is 0 Å². The number of carbonyl (C=O) groups excluding carboxylic acids is 1. The lowest BCUT2D eigenvalue weighted by Crippen LogP contribution is -2.40. The zero-order valence-corrected chi connectivity index (χ0v) is 14.5. The summed E-state index contributed by atoms with van der Waals surface area (Å²) in [7, 11) is -1.42. The van der Waals surface area contributed by atoms with E-state index in [1.54, 1.807) is 24.3 Å². The van der Waals surface area contributed by atoms with Gasteiger partial charge in [0, 0.05) is 30.4 Å². The average molecular weight is 339 g/mol. The Morgan fingerprint density at radius 2 is 2.00 bits per heavy atom. The molecule has 2 rings (SSSR count). The van der Waals surface area contributed by atoms with Gasteiger partial charge in [-0.1, -0.05) is 6.92 Å². The van der Waals surface area contributed by atoms with E-state index in [1.165, 1.54) is 0 Å². The zero-order chi connectivity index (χ0) is 16.9. The third-order valence-corrected chi connectivity index (χ3v) is 5.45. The molecule has 0 aliphatic carbocycles. The number of amides is 1. The first-order valence-corrected chi connectivity index (χ1v) is 9.68. The third-order valence-electron chi connectivity index (χ3n) is 3.96. The first-order chi connectivity index (χ1) is 11.0. The molecule has 1 fully saturated rings. The Morgan fingerprint density at radius 1 is 1.30 bits per heavy atom. The van der Waals surface area contributed by atoms with E-state index >= 15 is 0 Å². The van der Waals surface area contributed by atoms with Crippen molar-refractivity contribution >= 4 is 21.6 Å². The van der Waals surface area contributed by atoms with Gasteiger partial charge < -0.3 is 10.2 Å². The number of anilines is 1. The van der Waals surface area contributed by atoms with Gasteiger partial charge in [0.2, 0.25) is 10.0 Å². The molecule has 0 radical (unpaired) electrons. The van der Waals surface area contributed by atoms with E-state index < -0.39 is 10.0 Å². The summed E-state index contributed by atoms with van der Waals surface area (Å²) >= 11 is 0. The molecule has 23 heavy (non-hydrogen) atoms. The highest BCUT2D eigenvalue weighted by atomic mass is 32.2. The number of benzene rings is 1. The van der Waals surface area contributed by atoms with Gasteiger partial charge in [-0.05, 0) is 50.6 Å². The van der Waals surface area contributed by atoms with Crippen LogP contribution >= 0.6 is 0 Å². The molecule has 1 aromatic carbocycles. The fourth-order valence-corrected chi connectivity index (χ4v) is 4.03. The quantitative estimate of drug-likeness (QED) is 0.792. The van der Waals surface area contributed by atoms with Gasteiger partial charge in [-0.3, -0.25) is 9.52 Å². The van der Waals surface area contributed by atoms with Crippen molar-refractivity contribution in [2.24, 2.45) is 0 Å². The minimum atomic E-state index is -3.30. The van der Waals surface area contributed by atoms with E-state index in [2.05, 4.69) is 10.0 Å². The van der Waals surface area contributed by atoms with Crippen molar-refractivity contribution in [2.75, 3.05) is 30.6 Å². The number of hydrogen-bond acceptors (Lipinski definition) is 4. The SMILES string of the molecule is CCCS(=O)(=O)Nc1ccc(C(=O)N2CCCC2CNC)cc1. The Morgan fingerprint density at radius 3 is 2.61 bits per heavy atom. The molecular weight excluding hydrogens is 314 g/mol. The number of rotatable bonds is 7. The van der Waals surface area contributed by atoms with E-state index in [9.17, 15) is 13.2 Å². The molecule has 1 unspecified atom stereocenters. The van der Waals surface area contributed by atoms with Gasteiger partial charge >= 0.3 is 0 Å². The molecule has 6 nitrogen and oxygen atoms in total. The third kappa shape index (κ3) is 4.68. The van der Waals surface area contributed by atoms with Crippen LogP contribution in [-0.2, 0) is 10.0 Å². The molecule has 7 heteroatoms. The van der Waals surface area contributed by atoms with Crippen molar-refractivity contribution in [3.05, 3.63) is 29.8 Å². The van der Waals surface area contributed by atoms with Gasteiger partial charge in [0.05, 0.1) is 5.75 Å². The van der Waals surface area contributed by atoms with Crippen molar-refractivity contribution in [3.8, 4) is 0 Å². The summed E-state index contributed by atoms with van der Waals surface area (Å²) in [5.41, 5.74) is 1.08. The molecule has 0 aromatic heterocycles. The molecule has 1 aliphatic heterocycles. The molecule has 1 aliphatic rings. The summed E-state index contributed by atoms with van der Waals surface area (Å²) in [6.45, 7) is 3.38. The fourth-order valence-electron chi connectivity index (χ4n) is 2.90. The zero-order valence-electron chi connectivity index (χ0n) is 13.7. The number of likely N-dealkylation sites (N-methyl/N-ethyl adjacent to an activating group) is 1. The molecule has 1 amide bonds. The van der Waals surface area contributed by atoms with Crippen LogP contribution in [0.3, 0.4) is 0 Å². The highest BCUT2D eigenvalue weighted by Gasteiger charge is 2.28. The molecule has 1 saturated heterocycles. The normalized spacial score (nSPS) is 18.2. The van der Waals surface area contributed by atoms with E-state index in [0.717, 1.165) is 25.9 Å². The van der Waals surface area contributed by atoms with Gasteiger partial charge in [-0.2, -0.15) is 0 Å². The first kappa shape index (κ1) is 17.7. The maximum absolute atomic E-state index is 12.6. The van der Waals surface area contributed by atoms with Gasteiger partial charge in [0.25, 0.3) is 5.91 Å². The van der Waals surface area contributed by atoms with Crippen molar-refractivity contribution in [2.45, 2.75) is 32.2 Å². The Kier molecular flexibility index (Phi) is 6.01. The number of likely N-dealkylation sites (tertiary alicyclic amines) is 1. The highest BCUT2D eigenvalue weighted by Crippen LogP contribution is 2.21.